The predicted octanol–water partition coefficient (Wildman–Crippen LogP) is 1.65. The van der Waals surface area contributed by atoms with Gasteiger partial charge in [0.05, 0.1) is 0 Å². The van der Waals surface area contributed by atoms with Crippen molar-refractivity contribution >= 4 is 0 Å². The van der Waals surface area contributed by atoms with Crippen LogP contribution >= 0.6 is 0 Å². The molecule has 3 heteroatoms. The summed E-state index contributed by atoms with van der Waals surface area (Å²) in [6.45, 7) is 4.85. The first-order valence-corrected chi connectivity index (χ1v) is 6.64. The summed E-state index contributed by atoms with van der Waals surface area (Å²) < 4.78 is 0. The van der Waals surface area contributed by atoms with E-state index in [1.807, 2.05) is 7.05 Å². The molecule has 16 heavy (non-hydrogen) atoms. The molecule has 98 valence electrons. The summed E-state index contributed by atoms with van der Waals surface area (Å²) in [6.07, 6.45) is 6.69. The SMILES string of the molecule is CNCCCCCCN(C)CCCN(C)C. The molecule has 0 spiro atoms. The van der Waals surface area contributed by atoms with Crippen LogP contribution in [0.3, 0.4) is 0 Å². The number of unbranched alkanes of at least 4 members (excludes halogenated alkanes) is 3. The van der Waals surface area contributed by atoms with E-state index in [2.05, 4.69) is 36.3 Å². The van der Waals surface area contributed by atoms with E-state index in [0.717, 1.165) is 0 Å². The molecule has 0 heterocycles. The van der Waals surface area contributed by atoms with Crippen LogP contribution in [0.4, 0.5) is 0 Å². The Morgan fingerprint density at radius 3 is 2.00 bits per heavy atom. The maximum Gasteiger partial charge on any atom is -0.000960 e. The van der Waals surface area contributed by atoms with Crippen LogP contribution in [0.15, 0.2) is 0 Å². The van der Waals surface area contributed by atoms with Crippen molar-refractivity contribution < 1.29 is 0 Å². The summed E-state index contributed by atoms with van der Waals surface area (Å²) in [5.41, 5.74) is 0. The van der Waals surface area contributed by atoms with Crippen LogP contribution < -0.4 is 5.32 Å². The molecule has 0 aromatic carbocycles. The van der Waals surface area contributed by atoms with E-state index in [1.165, 1.54) is 58.3 Å². The molecule has 0 saturated carbocycles. The van der Waals surface area contributed by atoms with Crippen molar-refractivity contribution in [3.63, 3.8) is 0 Å². The lowest BCUT2D eigenvalue weighted by atomic mass is 10.2. The molecule has 0 saturated heterocycles. The lowest BCUT2D eigenvalue weighted by molar-refractivity contribution is 0.294. The van der Waals surface area contributed by atoms with E-state index in [1.54, 1.807) is 0 Å². The molecule has 3 nitrogen and oxygen atoms in total. The molecule has 1 N–H and O–H groups in total. The monoisotopic (exact) mass is 229 g/mol. The maximum atomic E-state index is 3.19. The van der Waals surface area contributed by atoms with Gasteiger partial charge in [-0.05, 0) is 73.6 Å². The number of hydrogen-bond acceptors (Lipinski definition) is 3. The van der Waals surface area contributed by atoms with Gasteiger partial charge in [-0.25, -0.2) is 0 Å². The minimum atomic E-state index is 1.17. The summed E-state index contributed by atoms with van der Waals surface area (Å²) in [5, 5.41) is 3.19. The fourth-order valence-electron chi connectivity index (χ4n) is 1.81. The largest absolute Gasteiger partial charge is 0.320 e. The maximum absolute atomic E-state index is 3.19. The van der Waals surface area contributed by atoms with Crippen molar-refractivity contribution in [3.8, 4) is 0 Å². The third-order valence-electron chi connectivity index (χ3n) is 2.86. The first-order chi connectivity index (χ1) is 7.66. The highest BCUT2D eigenvalue weighted by Crippen LogP contribution is 2.00. The molecule has 0 aliphatic carbocycles. The molecule has 0 rings (SSSR count). The summed E-state index contributed by atoms with van der Waals surface area (Å²) in [5.74, 6) is 0. The Balaban J connectivity index is 3.14. The first-order valence-electron chi connectivity index (χ1n) is 6.64. The highest BCUT2D eigenvalue weighted by Gasteiger charge is 1.98. The molecule has 0 radical (unpaired) electrons. The molecule has 0 aliphatic rings. The second kappa shape index (κ2) is 11.4. The number of nitrogens with one attached hydrogen (secondary N) is 1. The second-order valence-corrected chi connectivity index (χ2v) is 4.98. The Kier molecular flexibility index (Phi) is 11.3. The van der Waals surface area contributed by atoms with Crippen molar-refractivity contribution in [2.45, 2.75) is 32.1 Å². The molecule has 0 atom stereocenters. The minimum absolute atomic E-state index is 1.17. The van der Waals surface area contributed by atoms with Crippen LogP contribution in [-0.4, -0.2) is 64.2 Å². The summed E-state index contributed by atoms with van der Waals surface area (Å²) >= 11 is 0. The topological polar surface area (TPSA) is 18.5 Å². The molecule has 0 unspecified atom stereocenters. The van der Waals surface area contributed by atoms with Crippen molar-refractivity contribution in [3.05, 3.63) is 0 Å². The predicted molar refractivity (Wildman–Crippen MR) is 73.1 cm³/mol. The highest BCUT2D eigenvalue weighted by molar-refractivity contribution is 4.55. The summed E-state index contributed by atoms with van der Waals surface area (Å²) in [6, 6.07) is 0. The lowest BCUT2D eigenvalue weighted by Gasteiger charge is -2.17. The van der Waals surface area contributed by atoms with Crippen molar-refractivity contribution in [1.29, 1.82) is 0 Å². The molecule has 0 aliphatic heterocycles. The zero-order chi connectivity index (χ0) is 12.2. The van der Waals surface area contributed by atoms with Gasteiger partial charge in [-0.2, -0.15) is 0 Å². The van der Waals surface area contributed by atoms with E-state index in [-0.39, 0.29) is 0 Å². The number of hydrogen-bond donors (Lipinski definition) is 1. The van der Waals surface area contributed by atoms with Gasteiger partial charge in [0, 0.05) is 0 Å². The van der Waals surface area contributed by atoms with E-state index in [4.69, 9.17) is 0 Å². The Morgan fingerprint density at radius 1 is 0.750 bits per heavy atom. The quantitative estimate of drug-likeness (QED) is 0.544. The molecular formula is C13H31N3. The van der Waals surface area contributed by atoms with E-state index in [9.17, 15) is 0 Å². The van der Waals surface area contributed by atoms with E-state index in [0.29, 0.717) is 0 Å². The van der Waals surface area contributed by atoms with Crippen LogP contribution in [0.5, 0.6) is 0 Å². The van der Waals surface area contributed by atoms with Gasteiger partial charge in [-0.15, -0.1) is 0 Å². The number of rotatable bonds is 11. The first kappa shape index (κ1) is 15.9. The second-order valence-electron chi connectivity index (χ2n) is 4.98. The molecule has 0 bridgehead atoms. The molecule has 0 aromatic heterocycles. The van der Waals surface area contributed by atoms with Crippen LogP contribution in [-0.2, 0) is 0 Å². The third-order valence-corrected chi connectivity index (χ3v) is 2.86. The van der Waals surface area contributed by atoms with Crippen molar-refractivity contribution in [2.75, 3.05) is 54.4 Å². The van der Waals surface area contributed by atoms with Crippen molar-refractivity contribution in [2.24, 2.45) is 0 Å². The zero-order valence-corrected chi connectivity index (χ0v) is 11.8. The number of nitrogens with zero attached hydrogens (tertiary/aromatic N) is 2. The summed E-state index contributed by atoms with van der Waals surface area (Å²) in [4.78, 5) is 4.72. The van der Waals surface area contributed by atoms with Gasteiger partial charge in [-0.3, -0.25) is 0 Å². The molecule has 0 amide bonds. The van der Waals surface area contributed by atoms with Gasteiger partial charge < -0.3 is 15.1 Å². The van der Waals surface area contributed by atoms with E-state index >= 15 is 0 Å². The standard InChI is InChI=1S/C13H31N3/c1-14-10-7-5-6-8-12-16(4)13-9-11-15(2)3/h14H,5-13H2,1-4H3. The fourth-order valence-corrected chi connectivity index (χ4v) is 1.81. The van der Waals surface area contributed by atoms with Gasteiger partial charge in [0.1, 0.15) is 0 Å². The fraction of sp³-hybridized carbons (Fsp3) is 1.00. The lowest BCUT2D eigenvalue weighted by Crippen LogP contribution is -2.24. The van der Waals surface area contributed by atoms with Gasteiger partial charge in [0.15, 0.2) is 0 Å². The molecular weight excluding hydrogens is 198 g/mol. The average molecular weight is 229 g/mol. The Labute approximate surface area is 102 Å². The Hall–Kier alpha value is -0.120. The normalized spacial score (nSPS) is 11.6. The smallest absolute Gasteiger partial charge is 0.000960 e. The van der Waals surface area contributed by atoms with Gasteiger partial charge in [-0.1, -0.05) is 12.8 Å². The van der Waals surface area contributed by atoms with Crippen LogP contribution in [0.25, 0.3) is 0 Å². The van der Waals surface area contributed by atoms with Crippen LogP contribution in [0.1, 0.15) is 32.1 Å². The van der Waals surface area contributed by atoms with Gasteiger partial charge in [0.25, 0.3) is 0 Å². The third kappa shape index (κ3) is 12.0. The zero-order valence-electron chi connectivity index (χ0n) is 11.8. The van der Waals surface area contributed by atoms with E-state index < -0.39 is 0 Å². The highest BCUT2D eigenvalue weighted by atomic mass is 15.1. The van der Waals surface area contributed by atoms with Crippen LogP contribution in [0.2, 0.25) is 0 Å². The van der Waals surface area contributed by atoms with Crippen molar-refractivity contribution in [1.82, 2.24) is 15.1 Å². The average Bonchev–Trinajstić information content (AvgIpc) is 2.22. The Morgan fingerprint density at radius 2 is 1.38 bits per heavy atom. The summed E-state index contributed by atoms with van der Waals surface area (Å²) in [7, 11) is 8.55. The molecule has 0 aromatic rings. The minimum Gasteiger partial charge on any atom is -0.320 e. The van der Waals surface area contributed by atoms with Gasteiger partial charge in [0.2, 0.25) is 0 Å². The Bertz CT molecular complexity index is 137. The van der Waals surface area contributed by atoms with Crippen LogP contribution in [0, 0.1) is 0 Å². The van der Waals surface area contributed by atoms with Gasteiger partial charge >= 0.3 is 0 Å². The molecule has 0 fully saturated rings.